The molecular weight excluding hydrogens is 241 g/mol. The van der Waals surface area contributed by atoms with Crippen LogP contribution in [-0.2, 0) is 6.42 Å². The largest absolute Gasteiger partial charge is 0.494 e. The fourth-order valence-corrected chi connectivity index (χ4v) is 2.61. The quantitative estimate of drug-likeness (QED) is 0.882. The maximum atomic E-state index is 13.8. The molecule has 1 heterocycles. The highest BCUT2D eigenvalue weighted by Crippen LogP contribution is 2.34. The predicted molar refractivity (Wildman–Crippen MR) is 75.2 cm³/mol. The molecule has 0 spiro atoms. The highest BCUT2D eigenvalue weighted by molar-refractivity contribution is 5.75. The summed E-state index contributed by atoms with van der Waals surface area (Å²) in [5.74, 6) is -0.0342. The maximum Gasteiger partial charge on any atom is 0.165 e. The molecule has 0 saturated carbocycles. The van der Waals surface area contributed by atoms with Gasteiger partial charge in [0.15, 0.2) is 11.6 Å². The fraction of sp³-hybridized carbons (Fsp3) is 0.250. The van der Waals surface area contributed by atoms with E-state index in [4.69, 9.17) is 4.74 Å². The Bertz CT molecular complexity index is 610. The summed E-state index contributed by atoms with van der Waals surface area (Å²) >= 11 is 0. The summed E-state index contributed by atoms with van der Waals surface area (Å²) < 4.78 is 18.8. The van der Waals surface area contributed by atoms with Gasteiger partial charge in [0.25, 0.3) is 0 Å². The van der Waals surface area contributed by atoms with E-state index in [0.29, 0.717) is 0 Å². The molecule has 98 valence electrons. The minimum absolute atomic E-state index is 0.284. The lowest BCUT2D eigenvalue weighted by atomic mass is 9.93. The van der Waals surface area contributed by atoms with Gasteiger partial charge in [0, 0.05) is 12.2 Å². The first-order chi connectivity index (χ1) is 9.29. The lowest BCUT2D eigenvalue weighted by molar-refractivity contribution is 0.386. The predicted octanol–water partition coefficient (Wildman–Crippen LogP) is 3.86. The molecule has 0 amide bonds. The number of rotatable bonds is 2. The number of hydrogen-bond acceptors (Lipinski definition) is 2. The molecule has 3 heteroatoms. The molecule has 2 aromatic carbocycles. The Morgan fingerprint density at radius 1 is 1.21 bits per heavy atom. The molecule has 0 bridgehead atoms. The van der Waals surface area contributed by atoms with E-state index in [1.54, 1.807) is 12.1 Å². The molecule has 0 radical (unpaired) electrons. The van der Waals surface area contributed by atoms with Crippen LogP contribution in [-0.4, -0.2) is 13.7 Å². The minimum atomic E-state index is -0.318. The lowest BCUT2D eigenvalue weighted by Crippen LogP contribution is -2.12. The summed E-state index contributed by atoms with van der Waals surface area (Å²) in [6, 6.07) is 11.3. The van der Waals surface area contributed by atoms with Crippen molar-refractivity contribution in [1.29, 1.82) is 0 Å². The molecule has 3 rings (SSSR count). The van der Waals surface area contributed by atoms with E-state index in [1.807, 2.05) is 18.2 Å². The molecule has 0 unspecified atom stereocenters. The van der Waals surface area contributed by atoms with Gasteiger partial charge in [-0.1, -0.05) is 18.2 Å². The van der Waals surface area contributed by atoms with Gasteiger partial charge < -0.3 is 10.1 Å². The molecule has 1 N–H and O–H groups in total. The zero-order valence-corrected chi connectivity index (χ0v) is 10.9. The number of anilines is 1. The van der Waals surface area contributed by atoms with Gasteiger partial charge in [-0.3, -0.25) is 0 Å². The summed E-state index contributed by atoms with van der Waals surface area (Å²) in [6.07, 6.45) is 2.15. The Morgan fingerprint density at radius 2 is 2.11 bits per heavy atom. The second kappa shape index (κ2) is 4.92. The first kappa shape index (κ1) is 12.0. The van der Waals surface area contributed by atoms with Crippen LogP contribution in [0.4, 0.5) is 10.1 Å². The molecule has 2 aromatic rings. The molecule has 0 atom stereocenters. The van der Waals surface area contributed by atoms with Gasteiger partial charge in [-0.25, -0.2) is 4.39 Å². The number of hydrogen-bond donors (Lipinski definition) is 1. The monoisotopic (exact) mass is 257 g/mol. The highest BCUT2D eigenvalue weighted by atomic mass is 19.1. The third kappa shape index (κ3) is 2.16. The summed E-state index contributed by atoms with van der Waals surface area (Å²) in [5, 5.41) is 3.39. The zero-order valence-electron chi connectivity index (χ0n) is 10.9. The molecular formula is C16H16FNO. The maximum absolute atomic E-state index is 13.8. The van der Waals surface area contributed by atoms with Gasteiger partial charge in [0.2, 0.25) is 0 Å². The van der Waals surface area contributed by atoms with Crippen molar-refractivity contribution in [2.24, 2.45) is 0 Å². The Morgan fingerprint density at radius 3 is 2.89 bits per heavy atom. The van der Waals surface area contributed by atoms with Gasteiger partial charge in [0.1, 0.15) is 0 Å². The van der Waals surface area contributed by atoms with Crippen LogP contribution in [0.25, 0.3) is 11.1 Å². The number of methoxy groups -OCH3 is 1. The molecule has 0 aliphatic carbocycles. The van der Waals surface area contributed by atoms with E-state index in [1.165, 1.54) is 18.4 Å². The first-order valence-corrected chi connectivity index (χ1v) is 6.49. The average Bonchev–Trinajstić information content (AvgIpc) is 2.46. The van der Waals surface area contributed by atoms with Crippen molar-refractivity contribution < 1.29 is 9.13 Å². The smallest absolute Gasteiger partial charge is 0.165 e. The summed E-state index contributed by atoms with van der Waals surface area (Å²) in [7, 11) is 1.48. The van der Waals surface area contributed by atoms with Crippen molar-refractivity contribution in [3.63, 3.8) is 0 Å². The van der Waals surface area contributed by atoms with Crippen molar-refractivity contribution in [1.82, 2.24) is 0 Å². The number of halogens is 1. The molecule has 2 nitrogen and oxygen atoms in total. The van der Waals surface area contributed by atoms with Crippen LogP contribution >= 0.6 is 0 Å². The normalized spacial score (nSPS) is 13.6. The van der Waals surface area contributed by atoms with E-state index >= 15 is 0 Å². The van der Waals surface area contributed by atoms with Crippen molar-refractivity contribution >= 4 is 5.69 Å². The van der Waals surface area contributed by atoms with Gasteiger partial charge in [-0.2, -0.15) is 0 Å². The van der Waals surface area contributed by atoms with E-state index in [2.05, 4.69) is 11.4 Å². The van der Waals surface area contributed by atoms with Gasteiger partial charge in [-0.05, 0) is 47.7 Å². The van der Waals surface area contributed by atoms with Crippen molar-refractivity contribution in [3.05, 3.63) is 47.8 Å². The van der Waals surface area contributed by atoms with Crippen LogP contribution < -0.4 is 10.1 Å². The van der Waals surface area contributed by atoms with E-state index in [-0.39, 0.29) is 11.6 Å². The molecule has 0 aromatic heterocycles. The Labute approximate surface area is 112 Å². The fourth-order valence-electron chi connectivity index (χ4n) is 2.61. The molecule has 1 aliphatic heterocycles. The highest BCUT2D eigenvalue weighted by Gasteiger charge is 2.14. The molecule has 0 saturated heterocycles. The topological polar surface area (TPSA) is 21.3 Å². The third-order valence-corrected chi connectivity index (χ3v) is 3.56. The van der Waals surface area contributed by atoms with Crippen LogP contribution in [0.3, 0.4) is 0 Å². The average molecular weight is 257 g/mol. The Kier molecular flexibility index (Phi) is 3.11. The number of benzene rings is 2. The summed E-state index contributed by atoms with van der Waals surface area (Å²) in [5.41, 5.74) is 4.45. The minimum Gasteiger partial charge on any atom is -0.494 e. The SMILES string of the molecule is COc1ccc(-c2cccc3c2CCCN3)cc1F. The van der Waals surface area contributed by atoms with Gasteiger partial charge >= 0.3 is 0 Å². The van der Waals surface area contributed by atoms with Crippen LogP contribution in [0.5, 0.6) is 5.75 Å². The van der Waals surface area contributed by atoms with Gasteiger partial charge in [0.05, 0.1) is 7.11 Å². The summed E-state index contributed by atoms with van der Waals surface area (Å²) in [6.45, 7) is 1.01. The van der Waals surface area contributed by atoms with E-state index < -0.39 is 0 Å². The summed E-state index contributed by atoms with van der Waals surface area (Å²) in [4.78, 5) is 0. The van der Waals surface area contributed by atoms with E-state index in [0.717, 1.165) is 30.5 Å². The van der Waals surface area contributed by atoms with Crippen LogP contribution in [0, 0.1) is 5.82 Å². The molecule has 1 aliphatic rings. The number of fused-ring (bicyclic) bond motifs is 1. The second-order valence-corrected chi connectivity index (χ2v) is 4.71. The van der Waals surface area contributed by atoms with Gasteiger partial charge in [-0.15, -0.1) is 0 Å². The lowest BCUT2D eigenvalue weighted by Gasteiger charge is -2.21. The van der Waals surface area contributed by atoms with Crippen LogP contribution in [0.1, 0.15) is 12.0 Å². The van der Waals surface area contributed by atoms with Crippen LogP contribution in [0.15, 0.2) is 36.4 Å². The molecule has 19 heavy (non-hydrogen) atoms. The van der Waals surface area contributed by atoms with Crippen molar-refractivity contribution in [2.75, 3.05) is 19.0 Å². The van der Waals surface area contributed by atoms with E-state index in [9.17, 15) is 4.39 Å². The number of nitrogens with one attached hydrogen (secondary N) is 1. The first-order valence-electron chi connectivity index (χ1n) is 6.49. The molecule has 0 fully saturated rings. The van der Waals surface area contributed by atoms with Crippen LogP contribution in [0.2, 0.25) is 0 Å². The Hall–Kier alpha value is -2.03. The third-order valence-electron chi connectivity index (χ3n) is 3.56. The van der Waals surface area contributed by atoms with Crippen molar-refractivity contribution in [2.45, 2.75) is 12.8 Å². The zero-order chi connectivity index (χ0) is 13.2. The van der Waals surface area contributed by atoms with Crippen molar-refractivity contribution in [3.8, 4) is 16.9 Å². The Balaban J connectivity index is 2.09. The number of ether oxygens (including phenoxy) is 1. The second-order valence-electron chi connectivity index (χ2n) is 4.71. The standard InChI is InChI=1S/C16H16FNO/c1-19-16-8-7-11(10-14(16)17)12-4-2-6-15-13(12)5-3-9-18-15/h2,4,6-8,10,18H,3,5,9H2,1H3.